The molecule has 0 fully saturated rings. The number of nitrogens with one attached hydrogen (secondary N) is 1. The van der Waals surface area contributed by atoms with Gasteiger partial charge < -0.3 is 0 Å². The van der Waals surface area contributed by atoms with E-state index >= 15 is 0 Å². The van der Waals surface area contributed by atoms with Gasteiger partial charge in [-0.25, -0.2) is 18.2 Å². The molecule has 6 nitrogen and oxygen atoms in total. The number of rotatable bonds is 6. The zero-order valence-corrected chi connectivity index (χ0v) is 15.5. The van der Waals surface area contributed by atoms with Crippen LogP contribution in [0.2, 0.25) is 0 Å². The predicted octanol–water partition coefficient (Wildman–Crippen LogP) is 2.36. The van der Waals surface area contributed by atoms with Crippen LogP contribution in [0.1, 0.15) is 16.7 Å². The Kier molecular flexibility index (Phi) is 6.10. The number of sulfonamides is 1. The zero-order valence-electron chi connectivity index (χ0n) is 14.7. The highest BCUT2D eigenvalue weighted by Crippen LogP contribution is 2.26. The average Bonchev–Trinajstić information content (AvgIpc) is 2.54. The van der Waals surface area contributed by atoms with Crippen LogP contribution in [0.5, 0.6) is 0 Å². The molecule has 0 atom stereocenters. The molecule has 2 aromatic rings. The quantitative estimate of drug-likeness (QED) is 0.620. The number of carbonyl (C=O) groups is 1. The number of aryl methyl sites for hydroxylation is 2. The first-order valence-electron chi connectivity index (χ1n) is 7.80. The predicted molar refractivity (Wildman–Crippen MR) is 100 cm³/mol. The zero-order chi connectivity index (χ0) is 19.3. The molecule has 8 heteroatoms. The van der Waals surface area contributed by atoms with Gasteiger partial charge in [-0.05, 0) is 42.7 Å². The van der Waals surface area contributed by atoms with Crippen LogP contribution in [-0.2, 0) is 14.8 Å². The van der Waals surface area contributed by atoms with Crippen LogP contribution in [-0.4, -0.2) is 33.3 Å². The molecule has 1 amide bonds. The van der Waals surface area contributed by atoms with Gasteiger partial charge in [-0.1, -0.05) is 30.3 Å². The smallest absolute Gasteiger partial charge is 0.260 e. The van der Waals surface area contributed by atoms with Crippen LogP contribution in [0.4, 0.5) is 10.1 Å². The number of benzene rings is 2. The monoisotopic (exact) mass is 377 g/mol. The van der Waals surface area contributed by atoms with Gasteiger partial charge in [0.15, 0.2) is 0 Å². The normalized spacial score (nSPS) is 11.5. The second-order valence-corrected chi connectivity index (χ2v) is 7.76. The molecule has 0 aromatic heterocycles. The van der Waals surface area contributed by atoms with E-state index in [-0.39, 0.29) is 5.82 Å². The van der Waals surface area contributed by atoms with Crippen LogP contribution in [0.25, 0.3) is 0 Å². The number of halogens is 1. The Bertz CT molecular complexity index is 905. The SMILES string of the molecule is Cc1cccc(C)c1N(CC(=O)N/N=C\c1ccc(F)cc1)S(C)(=O)=O. The fraction of sp³-hybridized carbons (Fsp3) is 0.222. The summed E-state index contributed by atoms with van der Waals surface area (Å²) in [6, 6.07) is 10.9. The van der Waals surface area contributed by atoms with Crippen LogP contribution in [0, 0.1) is 19.7 Å². The average molecular weight is 377 g/mol. The summed E-state index contributed by atoms with van der Waals surface area (Å²) in [6.45, 7) is 3.17. The molecule has 0 spiro atoms. The molecule has 138 valence electrons. The largest absolute Gasteiger partial charge is 0.271 e. The Morgan fingerprint density at radius 3 is 2.27 bits per heavy atom. The Morgan fingerprint density at radius 1 is 1.15 bits per heavy atom. The lowest BCUT2D eigenvalue weighted by molar-refractivity contribution is -0.119. The first-order valence-corrected chi connectivity index (χ1v) is 9.64. The van der Waals surface area contributed by atoms with E-state index in [0.717, 1.165) is 21.7 Å². The second kappa shape index (κ2) is 8.09. The molecule has 0 heterocycles. The third-order valence-electron chi connectivity index (χ3n) is 3.65. The summed E-state index contributed by atoms with van der Waals surface area (Å²) >= 11 is 0. The Morgan fingerprint density at radius 2 is 1.73 bits per heavy atom. The first-order chi connectivity index (χ1) is 12.2. The number of hydrogen-bond acceptors (Lipinski definition) is 4. The van der Waals surface area contributed by atoms with E-state index < -0.39 is 22.5 Å². The Hall–Kier alpha value is -2.74. The fourth-order valence-corrected chi connectivity index (χ4v) is 3.43. The summed E-state index contributed by atoms with van der Waals surface area (Å²) in [5.74, 6) is -0.958. The topological polar surface area (TPSA) is 78.8 Å². The fourth-order valence-electron chi connectivity index (χ4n) is 2.45. The molecule has 0 radical (unpaired) electrons. The maximum atomic E-state index is 12.8. The lowest BCUT2D eigenvalue weighted by Gasteiger charge is -2.25. The van der Waals surface area contributed by atoms with Gasteiger partial charge in [0.25, 0.3) is 5.91 Å². The minimum atomic E-state index is -3.66. The van der Waals surface area contributed by atoms with Gasteiger partial charge in [0.2, 0.25) is 10.0 Å². The number of nitrogens with zero attached hydrogens (tertiary/aromatic N) is 2. The first kappa shape index (κ1) is 19.6. The number of hydrazone groups is 1. The van der Waals surface area contributed by atoms with Crippen molar-refractivity contribution in [2.24, 2.45) is 5.10 Å². The van der Waals surface area contributed by atoms with E-state index in [4.69, 9.17) is 0 Å². The molecule has 0 saturated heterocycles. The highest BCUT2D eigenvalue weighted by Gasteiger charge is 2.23. The van der Waals surface area contributed by atoms with Crippen LogP contribution in [0.3, 0.4) is 0 Å². The van der Waals surface area contributed by atoms with Gasteiger partial charge in [0.05, 0.1) is 18.2 Å². The number of carbonyl (C=O) groups excluding carboxylic acids is 1. The van der Waals surface area contributed by atoms with Gasteiger partial charge in [-0.15, -0.1) is 0 Å². The summed E-state index contributed by atoms with van der Waals surface area (Å²) in [7, 11) is -3.66. The molecular formula is C18H20FN3O3S. The third-order valence-corrected chi connectivity index (χ3v) is 4.76. The molecule has 0 aliphatic carbocycles. The molecule has 0 aliphatic rings. The molecule has 1 N–H and O–H groups in total. The van der Waals surface area contributed by atoms with Crippen molar-refractivity contribution in [3.05, 3.63) is 65.0 Å². The molecule has 2 rings (SSSR count). The van der Waals surface area contributed by atoms with Crippen LogP contribution >= 0.6 is 0 Å². The summed E-state index contributed by atoms with van der Waals surface area (Å²) < 4.78 is 38.2. The molecule has 0 bridgehead atoms. The van der Waals surface area contributed by atoms with Gasteiger partial charge in [0, 0.05) is 0 Å². The van der Waals surface area contributed by atoms with E-state index in [1.807, 2.05) is 6.07 Å². The number of amides is 1. The molecule has 0 aliphatic heterocycles. The molecule has 2 aromatic carbocycles. The van der Waals surface area contributed by atoms with Gasteiger partial charge in [-0.3, -0.25) is 9.10 Å². The van der Waals surface area contributed by atoms with Crippen molar-refractivity contribution in [1.29, 1.82) is 0 Å². The van der Waals surface area contributed by atoms with E-state index in [2.05, 4.69) is 10.5 Å². The lowest BCUT2D eigenvalue weighted by atomic mass is 10.1. The van der Waals surface area contributed by atoms with E-state index in [9.17, 15) is 17.6 Å². The molecule has 26 heavy (non-hydrogen) atoms. The minimum absolute atomic E-state index is 0.372. The lowest BCUT2D eigenvalue weighted by Crippen LogP contribution is -2.39. The van der Waals surface area contributed by atoms with E-state index in [1.54, 1.807) is 26.0 Å². The standard InChI is InChI=1S/C18H20FN3O3S/c1-13-5-4-6-14(2)18(13)22(26(3,24)25)12-17(23)21-20-11-15-7-9-16(19)10-8-15/h4-11H,12H2,1-3H3,(H,21,23)/b20-11-. The van der Waals surface area contributed by atoms with Crippen molar-refractivity contribution in [1.82, 2.24) is 5.43 Å². The molecule has 0 unspecified atom stereocenters. The van der Waals surface area contributed by atoms with Crippen molar-refractivity contribution >= 4 is 27.8 Å². The summed E-state index contributed by atoms with van der Waals surface area (Å²) in [5.41, 5.74) is 4.86. The summed E-state index contributed by atoms with van der Waals surface area (Å²) in [5, 5.41) is 3.78. The third kappa shape index (κ3) is 5.13. The van der Waals surface area contributed by atoms with Gasteiger partial charge >= 0.3 is 0 Å². The Balaban J connectivity index is 2.14. The van der Waals surface area contributed by atoms with Crippen molar-refractivity contribution in [3.63, 3.8) is 0 Å². The number of hydrogen-bond donors (Lipinski definition) is 1. The Labute approximate surface area is 152 Å². The van der Waals surface area contributed by atoms with Gasteiger partial charge in [-0.2, -0.15) is 5.10 Å². The van der Waals surface area contributed by atoms with E-state index in [1.165, 1.54) is 30.5 Å². The second-order valence-electron chi connectivity index (χ2n) is 5.85. The van der Waals surface area contributed by atoms with Crippen LogP contribution < -0.4 is 9.73 Å². The van der Waals surface area contributed by atoms with Crippen molar-refractivity contribution in [3.8, 4) is 0 Å². The van der Waals surface area contributed by atoms with Crippen molar-refractivity contribution in [2.75, 3.05) is 17.1 Å². The highest BCUT2D eigenvalue weighted by atomic mass is 32.2. The highest BCUT2D eigenvalue weighted by molar-refractivity contribution is 7.92. The summed E-state index contributed by atoms with van der Waals surface area (Å²) in [6.07, 6.45) is 2.40. The number of para-hydroxylation sites is 1. The minimum Gasteiger partial charge on any atom is -0.271 e. The maximum Gasteiger partial charge on any atom is 0.260 e. The maximum absolute atomic E-state index is 12.8. The summed E-state index contributed by atoms with van der Waals surface area (Å²) in [4.78, 5) is 12.1. The van der Waals surface area contributed by atoms with Gasteiger partial charge in [0.1, 0.15) is 12.4 Å². The molecule has 0 saturated carbocycles. The number of anilines is 1. The van der Waals surface area contributed by atoms with E-state index in [0.29, 0.717) is 11.3 Å². The molecular weight excluding hydrogens is 357 g/mol. The van der Waals surface area contributed by atoms with Crippen LogP contribution in [0.15, 0.2) is 47.6 Å². The van der Waals surface area contributed by atoms with Crippen molar-refractivity contribution < 1.29 is 17.6 Å². The van der Waals surface area contributed by atoms with Crippen molar-refractivity contribution in [2.45, 2.75) is 13.8 Å².